The third kappa shape index (κ3) is 7.60. The smallest absolute Gasteiger partial charge is 0.258 e. The lowest BCUT2D eigenvalue weighted by Gasteiger charge is -2.35. The number of aryl methyl sites for hydroxylation is 1. The van der Waals surface area contributed by atoms with Crippen molar-refractivity contribution in [1.29, 1.82) is 0 Å². The molecule has 2 N–H and O–H groups in total. The molecule has 0 saturated heterocycles. The topological polar surface area (TPSA) is 131 Å². The van der Waals surface area contributed by atoms with Crippen molar-refractivity contribution in [2.45, 2.75) is 70.1 Å². The highest BCUT2D eigenvalue weighted by Crippen LogP contribution is 2.41. The molecule has 4 aromatic rings. The number of aliphatic hydroxyl groups is 2. The second kappa shape index (κ2) is 16.2. The molecule has 3 atom stereocenters. The van der Waals surface area contributed by atoms with Crippen molar-refractivity contribution >= 4 is 39.3 Å². The second-order valence-electron chi connectivity index (χ2n) is 14.6. The lowest BCUT2D eigenvalue weighted by atomic mass is 9.73. The Hall–Kier alpha value is -6.04. The lowest BCUT2D eigenvalue weighted by Crippen LogP contribution is -2.41. The highest BCUT2D eigenvalue weighted by Gasteiger charge is 2.42. The molecule has 0 saturated carbocycles. The first-order chi connectivity index (χ1) is 27.8. The van der Waals surface area contributed by atoms with Gasteiger partial charge in [0.1, 0.15) is 12.7 Å². The summed E-state index contributed by atoms with van der Waals surface area (Å²) in [6.45, 7) is 4.06. The van der Waals surface area contributed by atoms with E-state index in [1.165, 1.54) is 0 Å². The Bertz CT molecular complexity index is 2550. The Kier molecular flexibility index (Phi) is 10.8. The Balaban J connectivity index is 0.976. The third-order valence-electron chi connectivity index (χ3n) is 10.8. The van der Waals surface area contributed by atoms with Crippen LogP contribution in [0.25, 0.3) is 27.6 Å². The molecule has 0 spiro atoms. The van der Waals surface area contributed by atoms with Gasteiger partial charge in [0.05, 0.1) is 48.3 Å². The standard InChI is InChI=1S/C47H43N3O7/c1-3-11-36-45-30(2)41(52)28-47(36,54)19-9-5-4-6-14-42(45)55-21-10-22-56-43-26-32-15-17-34-24-33(29-50(34)46(53)35(32)27-44(43)57-23-20-51)31-16-18-39-40(25-31)49-38-13-8-7-12-37(38)48-39/h4-5,7-8,11-13,16,18,25-27,29,34,42,51,54H,3,10,15,17,20-24,28H2,1-2H3/b5-4-,36-11+/t34?,42-,47-/m0/s1. The van der Waals surface area contributed by atoms with Crippen molar-refractivity contribution in [3.8, 4) is 35.2 Å². The maximum atomic E-state index is 14.2. The van der Waals surface area contributed by atoms with Crippen molar-refractivity contribution in [1.82, 2.24) is 14.9 Å². The maximum absolute atomic E-state index is 14.2. The Morgan fingerprint density at radius 3 is 2.51 bits per heavy atom. The summed E-state index contributed by atoms with van der Waals surface area (Å²) in [7, 11) is 0. The number of ether oxygens (including phenoxy) is 3. The molecule has 8 rings (SSSR count). The summed E-state index contributed by atoms with van der Waals surface area (Å²) < 4.78 is 18.5. The summed E-state index contributed by atoms with van der Waals surface area (Å²) in [4.78, 5) is 38.7. The van der Waals surface area contributed by atoms with Gasteiger partial charge < -0.3 is 29.3 Å². The van der Waals surface area contributed by atoms with Gasteiger partial charge in [-0.1, -0.05) is 54.9 Å². The van der Waals surface area contributed by atoms with Gasteiger partial charge in [-0.2, -0.15) is 0 Å². The average molecular weight is 762 g/mol. The zero-order valence-corrected chi connectivity index (χ0v) is 32.0. The van der Waals surface area contributed by atoms with Crippen LogP contribution in [-0.4, -0.2) is 80.9 Å². The number of amides is 1. The molecule has 10 nitrogen and oxygen atoms in total. The number of carbonyl (C=O) groups excluding carboxylic acids is 2. The minimum absolute atomic E-state index is 0.00362. The quantitative estimate of drug-likeness (QED) is 0.101. The van der Waals surface area contributed by atoms with Crippen LogP contribution in [0.3, 0.4) is 0 Å². The van der Waals surface area contributed by atoms with E-state index in [4.69, 9.17) is 24.2 Å². The van der Waals surface area contributed by atoms with Gasteiger partial charge in [0.2, 0.25) is 0 Å². The van der Waals surface area contributed by atoms with Crippen molar-refractivity contribution in [3.05, 3.63) is 112 Å². The summed E-state index contributed by atoms with van der Waals surface area (Å²) in [5.41, 5.74) is 6.86. The number of para-hydroxylation sites is 2. The van der Waals surface area contributed by atoms with E-state index < -0.39 is 11.7 Å². The number of aromatic nitrogens is 2. The first kappa shape index (κ1) is 37.9. The van der Waals surface area contributed by atoms with Crippen LogP contribution in [0.2, 0.25) is 0 Å². The number of aliphatic hydroxyl groups excluding tert-OH is 1. The van der Waals surface area contributed by atoms with Gasteiger partial charge in [-0.25, -0.2) is 9.97 Å². The highest BCUT2D eigenvalue weighted by atomic mass is 16.5. The van der Waals surface area contributed by atoms with Crippen LogP contribution in [0.4, 0.5) is 0 Å². The molecule has 1 amide bonds. The van der Waals surface area contributed by atoms with Crippen LogP contribution in [0.15, 0.2) is 95.7 Å². The van der Waals surface area contributed by atoms with E-state index in [0.29, 0.717) is 53.0 Å². The first-order valence-electron chi connectivity index (χ1n) is 19.5. The van der Waals surface area contributed by atoms with E-state index in [2.05, 4.69) is 29.7 Å². The number of carbonyl (C=O) groups is 2. The number of nitrogens with zero attached hydrogens (tertiary/aromatic N) is 3. The summed E-state index contributed by atoms with van der Waals surface area (Å²) in [6, 6.07) is 17.5. The summed E-state index contributed by atoms with van der Waals surface area (Å²) >= 11 is 0. The van der Waals surface area contributed by atoms with Crippen LogP contribution in [-0.2, 0) is 16.0 Å². The molecule has 288 valence electrons. The van der Waals surface area contributed by atoms with E-state index in [0.717, 1.165) is 51.6 Å². The number of fused-ring (bicyclic) bond motifs is 6. The van der Waals surface area contributed by atoms with Crippen molar-refractivity contribution in [3.63, 3.8) is 0 Å². The van der Waals surface area contributed by atoms with Gasteiger partial charge in [0.25, 0.3) is 5.91 Å². The van der Waals surface area contributed by atoms with Gasteiger partial charge in [-0.05, 0) is 109 Å². The van der Waals surface area contributed by atoms with Gasteiger partial charge >= 0.3 is 0 Å². The summed E-state index contributed by atoms with van der Waals surface area (Å²) in [6.07, 6.45) is 9.42. The monoisotopic (exact) mass is 761 g/mol. The van der Waals surface area contributed by atoms with Crippen molar-refractivity contribution in [2.24, 2.45) is 0 Å². The largest absolute Gasteiger partial charge is 0.490 e. The van der Waals surface area contributed by atoms with Crippen molar-refractivity contribution < 1.29 is 34.0 Å². The van der Waals surface area contributed by atoms with Crippen LogP contribution in [0, 0.1) is 23.7 Å². The molecule has 2 aliphatic carbocycles. The Morgan fingerprint density at radius 2 is 1.70 bits per heavy atom. The zero-order valence-electron chi connectivity index (χ0n) is 32.0. The number of allylic oxidation sites excluding steroid dienone is 4. The number of hydrogen-bond donors (Lipinski definition) is 2. The minimum atomic E-state index is -1.62. The summed E-state index contributed by atoms with van der Waals surface area (Å²) in [5, 5.41) is 21.1. The Morgan fingerprint density at radius 1 is 0.947 bits per heavy atom. The molecule has 4 aliphatic rings. The fourth-order valence-electron chi connectivity index (χ4n) is 7.98. The molecule has 2 bridgehead atoms. The van der Waals surface area contributed by atoms with E-state index in [9.17, 15) is 19.8 Å². The van der Waals surface area contributed by atoms with Crippen LogP contribution in [0.5, 0.6) is 11.5 Å². The first-order valence-corrected chi connectivity index (χ1v) is 19.5. The Labute approximate surface area is 331 Å². The van der Waals surface area contributed by atoms with E-state index in [1.54, 1.807) is 25.1 Å². The van der Waals surface area contributed by atoms with Crippen LogP contribution in [0.1, 0.15) is 67.4 Å². The molecule has 57 heavy (non-hydrogen) atoms. The predicted octanol–water partition coefficient (Wildman–Crippen LogP) is 6.44. The molecular weight excluding hydrogens is 719 g/mol. The number of Topliss-reactive ketones (excluding diaryl/α,β-unsaturated/α-hetero) is 1. The molecule has 1 aromatic heterocycles. The number of benzene rings is 3. The lowest BCUT2D eigenvalue weighted by molar-refractivity contribution is -0.118. The van der Waals surface area contributed by atoms with E-state index in [-0.39, 0.29) is 50.6 Å². The fourth-order valence-corrected chi connectivity index (χ4v) is 7.98. The van der Waals surface area contributed by atoms with Gasteiger partial charge in [0, 0.05) is 29.8 Å². The minimum Gasteiger partial charge on any atom is -0.490 e. The molecule has 0 fully saturated rings. The summed E-state index contributed by atoms with van der Waals surface area (Å²) in [5.74, 6) is 12.3. The maximum Gasteiger partial charge on any atom is 0.258 e. The number of ketones is 1. The molecule has 3 heterocycles. The van der Waals surface area contributed by atoms with Gasteiger partial charge in [-0.3, -0.25) is 9.59 Å². The van der Waals surface area contributed by atoms with Crippen molar-refractivity contribution in [2.75, 3.05) is 26.4 Å². The normalized spacial score (nSPS) is 22.6. The highest BCUT2D eigenvalue weighted by molar-refractivity contribution is 6.01. The van der Waals surface area contributed by atoms with Crippen LogP contribution < -0.4 is 9.47 Å². The number of hydrogen-bond acceptors (Lipinski definition) is 9. The molecule has 1 unspecified atom stereocenters. The van der Waals surface area contributed by atoms with Gasteiger partial charge in [-0.15, -0.1) is 0 Å². The third-order valence-corrected chi connectivity index (χ3v) is 10.8. The molecule has 3 aromatic carbocycles. The predicted molar refractivity (Wildman–Crippen MR) is 217 cm³/mol. The van der Waals surface area contributed by atoms with Gasteiger partial charge in [0.15, 0.2) is 22.9 Å². The van der Waals surface area contributed by atoms with E-state index in [1.807, 2.05) is 66.6 Å². The fraction of sp³-hybridized carbons (Fsp3) is 0.319. The number of rotatable bonds is 11. The van der Waals surface area contributed by atoms with E-state index >= 15 is 0 Å². The molecule has 10 heteroatoms. The molecule has 2 aliphatic heterocycles. The second-order valence-corrected chi connectivity index (χ2v) is 14.6. The molecular formula is C47H43N3O7. The van der Waals surface area contributed by atoms with Crippen LogP contribution >= 0.6 is 0 Å². The molecule has 0 radical (unpaired) electrons. The average Bonchev–Trinajstić information content (AvgIpc) is 3.60. The SMILES string of the molecule is CC/C=C1\C2=C(C)C(=O)C[C@@]1(O)C#C/C=C\C#C[C@@H]2OCCCOc1cc2c(cc1OCCO)C(=O)N1C=C(c3ccc4nc5ccccc5nc4c3)CC1CC2. The zero-order chi connectivity index (χ0) is 39.5.